The lowest BCUT2D eigenvalue weighted by molar-refractivity contribution is 0.773. The van der Waals surface area contributed by atoms with Crippen LogP contribution in [0.2, 0.25) is 0 Å². The Kier molecular flexibility index (Phi) is 2.44. The highest BCUT2D eigenvalue weighted by Gasteiger charge is 2.07. The largest absolute Gasteiger partial charge is 0.327 e. The number of hydrogen-bond acceptors (Lipinski definition) is 3. The number of aryl methyl sites for hydroxylation is 1. The van der Waals surface area contributed by atoms with E-state index in [4.69, 9.17) is 0 Å². The van der Waals surface area contributed by atoms with E-state index in [1.54, 1.807) is 29.2 Å². The van der Waals surface area contributed by atoms with Crippen LogP contribution in [-0.2, 0) is 6.54 Å². The summed E-state index contributed by atoms with van der Waals surface area (Å²) in [4.78, 5) is 23.0. The number of aromatic amines is 1. The molecule has 0 atom stereocenters. The first-order chi connectivity index (χ1) is 8.74. The first-order valence-corrected chi connectivity index (χ1v) is 5.68. The van der Waals surface area contributed by atoms with Crippen molar-refractivity contribution in [1.82, 2.24) is 19.5 Å². The number of nitrogens with one attached hydrogen (secondary N) is 1. The molecule has 0 amide bonds. The second kappa shape index (κ2) is 4.10. The molecule has 18 heavy (non-hydrogen) atoms. The van der Waals surface area contributed by atoms with E-state index in [0.29, 0.717) is 12.2 Å². The third-order valence-electron chi connectivity index (χ3n) is 2.80. The standard InChI is InChI=1S/C13H12N4O/c1-9-5-10(7-14-6-9)8-17-12-11(16-13(17)18)3-2-4-15-12/h2-7H,8H2,1H3,(H,16,18). The Morgan fingerprint density at radius 1 is 1.39 bits per heavy atom. The number of aromatic nitrogens is 4. The van der Waals surface area contributed by atoms with E-state index in [1.807, 2.05) is 19.1 Å². The molecule has 0 spiro atoms. The summed E-state index contributed by atoms with van der Waals surface area (Å²) in [5.74, 6) is 0. The van der Waals surface area contributed by atoms with Gasteiger partial charge < -0.3 is 4.98 Å². The van der Waals surface area contributed by atoms with Gasteiger partial charge in [-0.25, -0.2) is 9.78 Å². The van der Waals surface area contributed by atoms with Gasteiger partial charge in [0.25, 0.3) is 0 Å². The summed E-state index contributed by atoms with van der Waals surface area (Å²) < 4.78 is 1.62. The summed E-state index contributed by atoms with van der Waals surface area (Å²) in [5.41, 5.74) is 3.34. The van der Waals surface area contributed by atoms with E-state index in [1.165, 1.54) is 0 Å². The Balaban J connectivity index is 2.10. The fraction of sp³-hybridized carbons (Fsp3) is 0.154. The van der Waals surface area contributed by atoms with Crippen molar-refractivity contribution in [2.75, 3.05) is 0 Å². The average Bonchev–Trinajstić information content (AvgIpc) is 2.66. The molecular weight excluding hydrogens is 228 g/mol. The molecule has 0 fully saturated rings. The van der Waals surface area contributed by atoms with Gasteiger partial charge in [-0.2, -0.15) is 0 Å². The highest BCUT2D eigenvalue weighted by molar-refractivity contribution is 5.70. The molecule has 90 valence electrons. The van der Waals surface area contributed by atoms with E-state index in [9.17, 15) is 4.79 Å². The number of fused-ring (bicyclic) bond motifs is 1. The lowest BCUT2D eigenvalue weighted by Crippen LogP contribution is -2.17. The molecule has 0 aliphatic rings. The summed E-state index contributed by atoms with van der Waals surface area (Å²) in [5, 5.41) is 0. The Hall–Kier alpha value is -2.43. The van der Waals surface area contributed by atoms with Gasteiger partial charge in [-0.1, -0.05) is 6.07 Å². The third kappa shape index (κ3) is 1.79. The molecule has 5 nitrogen and oxygen atoms in total. The van der Waals surface area contributed by atoms with Crippen LogP contribution in [0.3, 0.4) is 0 Å². The van der Waals surface area contributed by atoms with Crippen LogP contribution in [0.25, 0.3) is 11.2 Å². The Bertz CT molecular complexity index is 757. The average molecular weight is 240 g/mol. The van der Waals surface area contributed by atoms with Crippen molar-refractivity contribution in [1.29, 1.82) is 0 Å². The van der Waals surface area contributed by atoms with Gasteiger partial charge in [-0.3, -0.25) is 9.55 Å². The van der Waals surface area contributed by atoms with Crippen molar-refractivity contribution in [3.05, 3.63) is 58.4 Å². The monoisotopic (exact) mass is 240 g/mol. The van der Waals surface area contributed by atoms with Crippen molar-refractivity contribution in [2.24, 2.45) is 0 Å². The molecule has 3 rings (SSSR count). The normalized spacial score (nSPS) is 10.9. The number of rotatable bonds is 2. The van der Waals surface area contributed by atoms with Gasteiger partial charge in [0.2, 0.25) is 0 Å². The zero-order valence-electron chi connectivity index (χ0n) is 9.92. The van der Waals surface area contributed by atoms with Gasteiger partial charge in [-0.05, 0) is 30.2 Å². The highest BCUT2D eigenvalue weighted by atomic mass is 16.1. The maximum atomic E-state index is 11.9. The molecule has 0 saturated carbocycles. The van der Waals surface area contributed by atoms with Crippen LogP contribution in [0.4, 0.5) is 0 Å². The molecule has 0 bridgehead atoms. The minimum absolute atomic E-state index is 0.148. The molecule has 3 aromatic rings. The molecule has 0 aliphatic carbocycles. The lowest BCUT2D eigenvalue weighted by atomic mass is 10.2. The minimum atomic E-state index is -0.148. The summed E-state index contributed by atoms with van der Waals surface area (Å²) in [6.45, 7) is 2.46. The van der Waals surface area contributed by atoms with Gasteiger partial charge in [0.05, 0.1) is 12.1 Å². The second-order valence-electron chi connectivity index (χ2n) is 4.26. The number of nitrogens with zero attached hydrogens (tertiary/aromatic N) is 3. The molecule has 0 saturated heterocycles. The van der Waals surface area contributed by atoms with E-state index < -0.39 is 0 Å². The van der Waals surface area contributed by atoms with E-state index in [0.717, 1.165) is 16.6 Å². The first-order valence-electron chi connectivity index (χ1n) is 5.68. The molecular formula is C13H12N4O. The summed E-state index contributed by atoms with van der Waals surface area (Å²) in [6, 6.07) is 5.66. The Labute approximate surface area is 103 Å². The fourth-order valence-electron chi connectivity index (χ4n) is 2.02. The van der Waals surface area contributed by atoms with Crippen LogP contribution < -0.4 is 5.69 Å². The number of pyridine rings is 2. The van der Waals surface area contributed by atoms with Crippen molar-refractivity contribution < 1.29 is 0 Å². The third-order valence-corrected chi connectivity index (χ3v) is 2.80. The quantitative estimate of drug-likeness (QED) is 0.737. The van der Waals surface area contributed by atoms with Crippen molar-refractivity contribution in [3.8, 4) is 0 Å². The summed E-state index contributed by atoms with van der Waals surface area (Å²) >= 11 is 0. The molecule has 0 radical (unpaired) electrons. The van der Waals surface area contributed by atoms with Gasteiger partial charge in [0, 0.05) is 18.6 Å². The Morgan fingerprint density at radius 2 is 2.28 bits per heavy atom. The number of hydrogen-bond donors (Lipinski definition) is 1. The minimum Gasteiger partial charge on any atom is -0.304 e. The first kappa shape index (κ1) is 10.7. The van der Waals surface area contributed by atoms with Crippen LogP contribution in [-0.4, -0.2) is 19.5 Å². The predicted molar refractivity (Wildman–Crippen MR) is 68.4 cm³/mol. The zero-order chi connectivity index (χ0) is 12.5. The molecule has 1 N–H and O–H groups in total. The van der Waals surface area contributed by atoms with Gasteiger partial charge in [0.1, 0.15) is 0 Å². The SMILES string of the molecule is Cc1cncc(Cn2c(=O)[nH]c3cccnc32)c1. The van der Waals surface area contributed by atoms with Crippen LogP contribution in [0.5, 0.6) is 0 Å². The lowest BCUT2D eigenvalue weighted by Gasteiger charge is -2.03. The molecule has 0 unspecified atom stereocenters. The Morgan fingerprint density at radius 3 is 3.11 bits per heavy atom. The van der Waals surface area contributed by atoms with Crippen LogP contribution in [0.15, 0.2) is 41.6 Å². The van der Waals surface area contributed by atoms with E-state index >= 15 is 0 Å². The number of H-pyrrole nitrogens is 1. The van der Waals surface area contributed by atoms with Crippen LogP contribution in [0, 0.1) is 6.92 Å². The van der Waals surface area contributed by atoms with Crippen molar-refractivity contribution in [2.45, 2.75) is 13.5 Å². The maximum Gasteiger partial charge on any atom is 0.327 e. The molecule has 5 heteroatoms. The van der Waals surface area contributed by atoms with Crippen LogP contribution in [0.1, 0.15) is 11.1 Å². The fourth-order valence-corrected chi connectivity index (χ4v) is 2.02. The van der Waals surface area contributed by atoms with Gasteiger partial charge in [0.15, 0.2) is 5.65 Å². The highest BCUT2D eigenvalue weighted by Crippen LogP contribution is 2.09. The smallest absolute Gasteiger partial charge is 0.304 e. The molecule has 3 aromatic heterocycles. The van der Waals surface area contributed by atoms with Gasteiger partial charge in [-0.15, -0.1) is 0 Å². The van der Waals surface area contributed by atoms with Crippen molar-refractivity contribution in [3.63, 3.8) is 0 Å². The second-order valence-corrected chi connectivity index (χ2v) is 4.26. The predicted octanol–water partition coefficient (Wildman–Crippen LogP) is 1.48. The molecule has 0 aromatic carbocycles. The topological polar surface area (TPSA) is 63.6 Å². The molecule has 0 aliphatic heterocycles. The molecule has 3 heterocycles. The van der Waals surface area contributed by atoms with E-state index in [-0.39, 0.29) is 5.69 Å². The van der Waals surface area contributed by atoms with Crippen LogP contribution >= 0.6 is 0 Å². The van der Waals surface area contributed by atoms with Gasteiger partial charge >= 0.3 is 5.69 Å². The zero-order valence-corrected chi connectivity index (χ0v) is 9.92. The van der Waals surface area contributed by atoms with Crippen molar-refractivity contribution >= 4 is 11.2 Å². The summed E-state index contributed by atoms with van der Waals surface area (Å²) in [7, 11) is 0. The summed E-state index contributed by atoms with van der Waals surface area (Å²) in [6.07, 6.45) is 5.24. The van der Waals surface area contributed by atoms with E-state index in [2.05, 4.69) is 15.0 Å². The maximum absolute atomic E-state index is 11.9. The number of imidazole rings is 1.